The van der Waals surface area contributed by atoms with Gasteiger partial charge in [-0.05, 0) is 12.8 Å². The van der Waals surface area contributed by atoms with Gasteiger partial charge in [-0.25, -0.2) is 0 Å². The molecule has 0 unspecified atom stereocenters. The van der Waals surface area contributed by atoms with Crippen molar-refractivity contribution in [2.45, 2.75) is 37.7 Å². The fourth-order valence-electron chi connectivity index (χ4n) is 1.91. The van der Waals surface area contributed by atoms with E-state index in [1.165, 1.54) is 6.42 Å². The van der Waals surface area contributed by atoms with Crippen LogP contribution in [0.5, 0.6) is 0 Å². The number of rotatable bonds is 4. The minimum absolute atomic E-state index is 0.0845. The maximum atomic E-state index is 5.82. The van der Waals surface area contributed by atoms with Crippen LogP contribution >= 0.6 is 0 Å². The molecule has 0 aromatic rings. The van der Waals surface area contributed by atoms with Crippen LogP contribution in [0.1, 0.15) is 32.1 Å². The summed E-state index contributed by atoms with van der Waals surface area (Å²) in [7, 11) is 0. The van der Waals surface area contributed by atoms with Gasteiger partial charge < -0.3 is 4.74 Å². The topological polar surface area (TPSA) is 9.23 Å². The van der Waals surface area contributed by atoms with Crippen LogP contribution in [0, 0.1) is 0 Å². The second kappa shape index (κ2) is 4.31. The average molecular weight is 178 g/mol. The normalized spacial score (nSPS) is 20.5. The third-order valence-corrected chi connectivity index (χ3v) is 2.48. The predicted molar refractivity (Wildman–Crippen MR) is 56.4 cm³/mol. The van der Waals surface area contributed by atoms with E-state index < -0.39 is 0 Å². The summed E-state index contributed by atoms with van der Waals surface area (Å²) in [6, 6.07) is 0. The van der Waals surface area contributed by atoms with Gasteiger partial charge >= 0.3 is 0 Å². The Labute approximate surface area is 80.8 Å². The molecular formula is C12H18O. The fourth-order valence-corrected chi connectivity index (χ4v) is 1.91. The molecule has 0 bridgehead atoms. The molecule has 0 saturated carbocycles. The fraction of sp³-hybridized carbons (Fsp3) is 0.500. The first kappa shape index (κ1) is 10.1. The molecule has 1 saturated heterocycles. The molecule has 0 radical (unpaired) electrons. The molecule has 1 aliphatic rings. The first-order chi connectivity index (χ1) is 6.22. The number of hydrogen-bond donors (Lipinski definition) is 0. The van der Waals surface area contributed by atoms with Crippen molar-refractivity contribution in [3.63, 3.8) is 0 Å². The van der Waals surface area contributed by atoms with Crippen LogP contribution < -0.4 is 0 Å². The Hall–Kier alpha value is -0.980. The monoisotopic (exact) mass is 178 g/mol. The van der Waals surface area contributed by atoms with Crippen molar-refractivity contribution in [1.29, 1.82) is 0 Å². The number of ether oxygens (including phenoxy) is 1. The van der Waals surface area contributed by atoms with E-state index in [1.54, 1.807) is 0 Å². The molecule has 1 rings (SSSR count). The van der Waals surface area contributed by atoms with E-state index in [0.29, 0.717) is 0 Å². The zero-order chi connectivity index (χ0) is 9.73. The van der Waals surface area contributed by atoms with Crippen molar-refractivity contribution in [2.75, 3.05) is 0 Å². The third-order valence-electron chi connectivity index (χ3n) is 2.48. The molecular weight excluding hydrogens is 160 g/mol. The smallest absolute Gasteiger partial charge is 0.115 e. The predicted octanol–water partition coefficient (Wildman–Crippen LogP) is 3.59. The van der Waals surface area contributed by atoms with Crippen LogP contribution in [0.4, 0.5) is 0 Å². The summed E-state index contributed by atoms with van der Waals surface area (Å²) in [5, 5.41) is 0. The molecule has 1 fully saturated rings. The van der Waals surface area contributed by atoms with Gasteiger partial charge in [0.2, 0.25) is 0 Å². The van der Waals surface area contributed by atoms with Crippen molar-refractivity contribution in [3.8, 4) is 0 Å². The summed E-state index contributed by atoms with van der Waals surface area (Å²) in [4.78, 5) is 0. The number of allylic oxidation sites excluding steroid dienone is 1. The minimum Gasteiger partial charge on any atom is -0.492 e. The van der Waals surface area contributed by atoms with Crippen molar-refractivity contribution >= 4 is 0 Å². The van der Waals surface area contributed by atoms with Gasteiger partial charge in [0.25, 0.3) is 0 Å². The van der Waals surface area contributed by atoms with E-state index in [0.717, 1.165) is 31.4 Å². The zero-order valence-corrected chi connectivity index (χ0v) is 8.22. The molecule has 0 spiro atoms. The Bertz CT molecular complexity index is 205. The van der Waals surface area contributed by atoms with E-state index in [1.807, 2.05) is 12.2 Å². The molecule has 0 aromatic carbocycles. The highest BCUT2D eigenvalue weighted by atomic mass is 16.5. The molecule has 0 atom stereocenters. The summed E-state index contributed by atoms with van der Waals surface area (Å²) < 4.78 is 5.82. The van der Waals surface area contributed by atoms with Gasteiger partial charge in [0.1, 0.15) is 5.60 Å². The lowest BCUT2D eigenvalue weighted by Crippen LogP contribution is -2.34. The summed E-state index contributed by atoms with van der Waals surface area (Å²) in [6.07, 6.45) is 8.86. The van der Waals surface area contributed by atoms with Crippen molar-refractivity contribution in [1.82, 2.24) is 0 Å². The van der Waals surface area contributed by atoms with Gasteiger partial charge in [-0.1, -0.05) is 18.7 Å². The van der Waals surface area contributed by atoms with Crippen LogP contribution in [-0.2, 0) is 4.74 Å². The number of hydrogen-bond acceptors (Lipinski definition) is 1. The molecule has 72 valence electrons. The molecule has 1 nitrogen and oxygen atoms in total. The molecule has 0 amide bonds. The van der Waals surface area contributed by atoms with E-state index >= 15 is 0 Å². The van der Waals surface area contributed by atoms with E-state index in [-0.39, 0.29) is 5.60 Å². The molecule has 0 N–H and O–H groups in total. The van der Waals surface area contributed by atoms with Crippen LogP contribution in [-0.4, -0.2) is 5.60 Å². The summed E-state index contributed by atoms with van der Waals surface area (Å²) >= 11 is 0. The van der Waals surface area contributed by atoms with Crippen LogP contribution in [0.2, 0.25) is 0 Å². The lowest BCUT2D eigenvalue weighted by atomic mass is 9.87. The molecule has 0 aliphatic carbocycles. The Morgan fingerprint density at radius 2 is 1.92 bits per heavy atom. The Morgan fingerprint density at radius 3 is 2.38 bits per heavy atom. The average Bonchev–Trinajstić information content (AvgIpc) is 2.04. The Balaban J connectivity index is 2.68. The molecule has 1 heteroatoms. The SMILES string of the molecule is C=CCC1(CC=C)CCCC(=C)O1. The molecule has 13 heavy (non-hydrogen) atoms. The van der Waals surface area contributed by atoms with Crippen LogP contribution in [0.25, 0.3) is 0 Å². The van der Waals surface area contributed by atoms with Gasteiger partial charge in [-0.3, -0.25) is 0 Å². The van der Waals surface area contributed by atoms with E-state index in [2.05, 4.69) is 19.7 Å². The first-order valence-electron chi connectivity index (χ1n) is 4.81. The maximum absolute atomic E-state index is 5.82. The molecule has 1 aliphatic heterocycles. The van der Waals surface area contributed by atoms with E-state index in [9.17, 15) is 0 Å². The second-order valence-corrected chi connectivity index (χ2v) is 3.66. The van der Waals surface area contributed by atoms with Gasteiger partial charge in [0, 0.05) is 19.3 Å². The standard InChI is InChI=1S/C12H18O/c1-4-8-12(9-5-2)10-6-7-11(3)13-12/h4-5H,1-3,6-10H2. The van der Waals surface area contributed by atoms with Crippen molar-refractivity contribution in [3.05, 3.63) is 37.6 Å². The Morgan fingerprint density at radius 1 is 1.31 bits per heavy atom. The van der Waals surface area contributed by atoms with Crippen LogP contribution in [0.15, 0.2) is 37.6 Å². The van der Waals surface area contributed by atoms with Gasteiger partial charge in [0.15, 0.2) is 0 Å². The lowest BCUT2D eigenvalue weighted by molar-refractivity contribution is -0.0273. The Kier molecular flexibility index (Phi) is 3.35. The zero-order valence-electron chi connectivity index (χ0n) is 8.22. The molecule has 1 heterocycles. The molecule has 0 aromatic heterocycles. The van der Waals surface area contributed by atoms with Gasteiger partial charge in [-0.15, -0.1) is 13.2 Å². The highest BCUT2D eigenvalue weighted by Crippen LogP contribution is 2.36. The quantitative estimate of drug-likeness (QED) is 0.598. The highest BCUT2D eigenvalue weighted by molar-refractivity contribution is 5.01. The summed E-state index contributed by atoms with van der Waals surface area (Å²) in [5.41, 5.74) is -0.0845. The second-order valence-electron chi connectivity index (χ2n) is 3.66. The van der Waals surface area contributed by atoms with Crippen molar-refractivity contribution < 1.29 is 4.74 Å². The van der Waals surface area contributed by atoms with E-state index in [4.69, 9.17) is 4.74 Å². The summed E-state index contributed by atoms with van der Waals surface area (Å²) in [5.74, 6) is 0.912. The summed E-state index contributed by atoms with van der Waals surface area (Å²) in [6.45, 7) is 11.4. The van der Waals surface area contributed by atoms with Crippen molar-refractivity contribution in [2.24, 2.45) is 0 Å². The largest absolute Gasteiger partial charge is 0.492 e. The minimum atomic E-state index is -0.0845. The lowest BCUT2D eigenvalue weighted by Gasteiger charge is -2.37. The highest BCUT2D eigenvalue weighted by Gasteiger charge is 2.32. The van der Waals surface area contributed by atoms with Gasteiger partial charge in [0.05, 0.1) is 5.76 Å². The first-order valence-corrected chi connectivity index (χ1v) is 4.81. The van der Waals surface area contributed by atoms with Gasteiger partial charge in [-0.2, -0.15) is 0 Å². The van der Waals surface area contributed by atoms with Crippen LogP contribution in [0.3, 0.4) is 0 Å². The maximum Gasteiger partial charge on any atom is 0.115 e. The third kappa shape index (κ3) is 2.48.